The molecule has 162 valence electrons. The average Bonchev–Trinajstić information content (AvgIpc) is 3.47. The summed E-state index contributed by atoms with van der Waals surface area (Å²) in [5.74, 6) is 2.67. The van der Waals surface area contributed by atoms with E-state index < -0.39 is 0 Å². The number of piperidine rings is 1. The SMILES string of the molecule is Cc1nc([C@@]23CN(Cc4ccccc4)C[C@@H]2CCN(C(=O)Cn2ccnc2C)C3)no1. The third kappa shape index (κ3) is 3.76. The molecule has 8 heteroatoms. The number of aryl methyl sites for hydroxylation is 2. The molecule has 2 aliphatic heterocycles. The van der Waals surface area contributed by atoms with Crippen LogP contribution in [0, 0.1) is 19.8 Å². The number of carbonyl (C=O) groups excluding carboxylic acids is 1. The molecular formula is C23H28N6O2. The lowest BCUT2D eigenvalue weighted by molar-refractivity contribution is -0.134. The van der Waals surface area contributed by atoms with E-state index in [9.17, 15) is 4.79 Å². The number of carbonyl (C=O) groups is 1. The summed E-state index contributed by atoms with van der Waals surface area (Å²) in [6, 6.07) is 10.5. The lowest BCUT2D eigenvalue weighted by Crippen LogP contribution is -2.54. The molecule has 2 saturated heterocycles. The van der Waals surface area contributed by atoms with Gasteiger partial charge in [-0.25, -0.2) is 4.98 Å². The Labute approximate surface area is 181 Å². The fraction of sp³-hybridized carbons (Fsp3) is 0.478. The van der Waals surface area contributed by atoms with Crippen LogP contribution in [0.1, 0.15) is 29.5 Å². The molecule has 0 radical (unpaired) electrons. The molecule has 1 amide bonds. The molecule has 3 aromatic rings. The molecule has 1 aromatic carbocycles. The van der Waals surface area contributed by atoms with Crippen molar-refractivity contribution in [1.82, 2.24) is 29.5 Å². The van der Waals surface area contributed by atoms with E-state index in [0.717, 1.165) is 44.2 Å². The Balaban J connectivity index is 1.39. The highest BCUT2D eigenvalue weighted by atomic mass is 16.5. The highest BCUT2D eigenvalue weighted by molar-refractivity contribution is 5.76. The van der Waals surface area contributed by atoms with E-state index in [1.807, 2.05) is 35.6 Å². The number of likely N-dealkylation sites (tertiary alicyclic amines) is 2. The first-order chi connectivity index (χ1) is 15.0. The Morgan fingerprint density at radius 3 is 2.77 bits per heavy atom. The van der Waals surface area contributed by atoms with Crippen molar-refractivity contribution in [2.24, 2.45) is 5.92 Å². The molecule has 0 saturated carbocycles. The van der Waals surface area contributed by atoms with Gasteiger partial charge in [-0.3, -0.25) is 9.69 Å². The van der Waals surface area contributed by atoms with Crippen LogP contribution in [0.15, 0.2) is 47.2 Å². The molecule has 31 heavy (non-hydrogen) atoms. The maximum absolute atomic E-state index is 13.2. The minimum atomic E-state index is -0.301. The van der Waals surface area contributed by atoms with Gasteiger partial charge in [-0.15, -0.1) is 0 Å². The number of imidazole rings is 1. The number of rotatable bonds is 5. The van der Waals surface area contributed by atoms with Gasteiger partial charge in [0.15, 0.2) is 5.82 Å². The summed E-state index contributed by atoms with van der Waals surface area (Å²) >= 11 is 0. The molecule has 0 unspecified atom stereocenters. The van der Waals surface area contributed by atoms with Gasteiger partial charge in [-0.2, -0.15) is 4.98 Å². The van der Waals surface area contributed by atoms with Crippen LogP contribution in [0.3, 0.4) is 0 Å². The summed E-state index contributed by atoms with van der Waals surface area (Å²) in [5, 5.41) is 4.33. The minimum Gasteiger partial charge on any atom is -0.340 e. The van der Waals surface area contributed by atoms with Gasteiger partial charge >= 0.3 is 0 Å². The topological polar surface area (TPSA) is 80.3 Å². The van der Waals surface area contributed by atoms with Crippen molar-refractivity contribution in [2.75, 3.05) is 26.2 Å². The van der Waals surface area contributed by atoms with Crippen LogP contribution in [-0.4, -0.2) is 61.6 Å². The van der Waals surface area contributed by atoms with Gasteiger partial charge in [0.1, 0.15) is 12.4 Å². The van der Waals surface area contributed by atoms with Crippen LogP contribution in [0.5, 0.6) is 0 Å². The van der Waals surface area contributed by atoms with Crippen molar-refractivity contribution in [3.63, 3.8) is 0 Å². The smallest absolute Gasteiger partial charge is 0.242 e. The predicted molar refractivity (Wildman–Crippen MR) is 114 cm³/mol. The number of aromatic nitrogens is 4. The van der Waals surface area contributed by atoms with E-state index >= 15 is 0 Å². The highest BCUT2D eigenvalue weighted by Crippen LogP contribution is 2.44. The molecule has 2 atom stereocenters. The molecule has 0 spiro atoms. The summed E-state index contributed by atoms with van der Waals surface area (Å²) in [6.45, 7) is 8.12. The Morgan fingerprint density at radius 1 is 1.23 bits per heavy atom. The summed E-state index contributed by atoms with van der Waals surface area (Å²) in [6.07, 6.45) is 4.53. The highest BCUT2D eigenvalue weighted by Gasteiger charge is 2.54. The van der Waals surface area contributed by atoms with Crippen molar-refractivity contribution in [1.29, 1.82) is 0 Å². The van der Waals surface area contributed by atoms with Crippen molar-refractivity contribution in [3.05, 3.63) is 65.8 Å². The van der Waals surface area contributed by atoms with E-state index in [4.69, 9.17) is 4.52 Å². The fourth-order valence-electron chi connectivity index (χ4n) is 5.17. The second-order valence-corrected chi connectivity index (χ2v) is 8.85. The second-order valence-electron chi connectivity index (χ2n) is 8.85. The van der Waals surface area contributed by atoms with Gasteiger partial charge < -0.3 is 14.0 Å². The summed E-state index contributed by atoms with van der Waals surface area (Å²) in [4.78, 5) is 26.5. The van der Waals surface area contributed by atoms with Crippen LogP contribution in [0.25, 0.3) is 0 Å². The first-order valence-corrected chi connectivity index (χ1v) is 10.9. The van der Waals surface area contributed by atoms with E-state index in [0.29, 0.717) is 24.9 Å². The van der Waals surface area contributed by atoms with Crippen molar-refractivity contribution < 1.29 is 9.32 Å². The van der Waals surface area contributed by atoms with E-state index in [-0.39, 0.29) is 11.3 Å². The van der Waals surface area contributed by atoms with Crippen LogP contribution in [0.2, 0.25) is 0 Å². The Bertz CT molecular complexity index is 1060. The average molecular weight is 421 g/mol. The molecule has 2 aliphatic rings. The first kappa shape index (κ1) is 19.9. The third-order valence-electron chi connectivity index (χ3n) is 6.79. The van der Waals surface area contributed by atoms with Crippen molar-refractivity contribution in [2.45, 2.75) is 38.8 Å². The lowest BCUT2D eigenvalue weighted by Gasteiger charge is -2.42. The number of nitrogens with zero attached hydrogens (tertiary/aromatic N) is 6. The molecule has 4 heterocycles. The van der Waals surface area contributed by atoms with E-state index in [1.165, 1.54) is 5.56 Å². The first-order valence-electron chi connectivity index (χ1n) is 10.9. The summed E-state index contributed by atoms with van der Waals surface area (Å²) in [5.41, 5.74) is 0.994. The standard InChI is InChI=1S/C23H28N6O2/c1-17-24-9-11-28(17)14-21(30)29-10-8-20-13-27(12-19-6-4-3-5-7-19)15-23(20,16-29)22-25-18(2)31-26-22/h3-7,9,11,20H,8,10,12-16H2,1-2H3/t20-,23+/m0/s1. The van der Waals surface area contributed by atoms with Crippen LogP contribution in [-0.2, 0) is 23.3 Å². The van der Waals surface area contributed by atoms with E-state index in [2.05, 4.69) is 44.3 Å². The fourth-order valence-corrected chi connectivity index (χ4v) is 5.17. The quantitative estimate of drug-likeness (QED) is 0.630. The maximum atomic E-state index is 13.2. The van der Waals surface area contributed by atoms with Gasteiger partial charge in [0.05, 0.1) is 5.41 Å². The predicted octanol–water partition coefficient (Wildman–Crippen LogP) is 2.19. The molecule has 2 aromatic heterocycles. The zero-order valence-corrected chi connectivity index (χ0v) is 18.1. The molecule has 0 aliphatic carbocycles. The minimum absolute atomic E-state index is 0.112. The van der Waals surface area contributed by atoms with Crippen molar-refractivity contribution in [3.8, 4) is 0 Å². The van der Waals surface area contributed by atoms with Crippen LogP contribution < -0.4 is 0 Å². The molecule has 5 rings (SSSR count). The van der Waals surface area contributed by atoms with Crippen molar-refractivity contribution >= 4 is 5.91 Å². The third-order valence-corrected chi connectivity index (χ3v) is 6.79. The Hall–Kier alpha value is -3.00. The van der Waals surface area contributed by atoms with Gasteiger partial charge in [-0.1, -0.05) is 35.5 Å². The number of amides is 1. The van der Waals surface area contributed by atoms with Crippen LogP contribution in [0.4, 0.5) is 0 Å². The van der Waals surface area contributed by atoms with Gasteiger partial charge in [-0.05, 0) is 24.8 Å². The monoisotopic (exact) mass is 420 g/mol. The van der Waals surface area contributed by atoms with Gasteiger partial charge in [0, 0.05) is 52.0 Å². The largest absolute Gasteiger partial charge is 0.340 e. The zero-order valence-electron chi connectivity index (χ0n) is 18.1. The molecule has 2 fully saturated rings. The number of hydrogen-bond acceptors (Lipinski definition) is 6. The summed E-state index contributed by atoms with van der Waals surface area (Å²) in [7, 11) is 0. The lowest BCUT2D eigenvalue weighted by atomic mass is 9.72. The molecule has 8 nitrogen and oxygen atoms in total. The normalized spacial score (nSPS) is 23.8. The number of hydrogen-bond donors (Lipinski definition) is 0. The second kappa shape index (κ2) is 7.92. The van der Waals surface area contributed by atoms with Crippen LogP contribution >= 0.6 is 0 Å². The number of fused-ring (bicyclic) bond motifs is 1. The molecule has 0 N–H and O–H groups in total. The maximum Gasteiger partial charge on any atom is 0.242 e. The molecular weight excluding hydrogens is 392 g/mol. The Kier molecular flexibility index (Phi) is 5.09. The summed E-state index contributed by atoms with van der Waals surface area (Å²) < 4.78 is 7.27. The van der Waals surface area contributed by atoms with Gasteiger partial charge in [0.2, 0.25) is 11.8 Å². The number of benzene rings is 1. The zero-order chi connectivity index (χ0) is 21.4. The van der Waals surface area contributed by atoms with Gasteiger partial charge in [0.25, 0.3) is 0 Å². The Morgan fingerprint density at radius 2 is 2.06 bits per heavy atom. The molecule has 0 bridgehead atoms. The van der Waals surface area contributed by atoms with E-state index in [1.54, 1.807) is 6.20 Å².